The van der Waals surface area contributed by atoms with Crippen molar-refractivity contribution in [2.24, 2.45) is 0 Å². The van der Waals surface area contributed by atoms with E-state index in [4.69, 9.17) is 28.4 Å². The Labute approximate surface area is 228 Å². The molecule has 0 atom stereocenters. The van der Waals surface area contributed by atoms with Gasteiger partial charge in [-0.2, -0.15) is 0 Å². The molecule has 0 fully saturated rings. The van der Waals surface area contributed by atoms with Crippen LogP contribution in [0.1, 0.15) is 80.4 Å². The number of carbonyl (C=O) groups is 1. The average molecular weight is 531 g/mol. The Balaban J connectivity index is 2.07. The predicted octanol–water partition coefficient (Wildman–Crippen LogP) is 6.83. The highest BCUT2D eigenvalue weighted by Gasteiger charge is 2.31. The van der Waals surface area contributed by atoms with Crippen molar-refractivity contribution in [3.8, 4) is 23.0 Å². The summed E-state index contributed by atoms with van der Waals surface area (Å²) < 4.78 is 34.5. The van der Waals surface area contributed by atoms with Crippen molar-refractivity contribution in [1.29, 1.82) is 0 Å². The van der Waals surface area contributed by atoms with Crippen molar-refractivity contribution in [3.05, 3.63) is 47.5 Å². The molecule has 0 N–H and O–H groups in total. The lowest BCUT2D eigenvalue weighted by Gasteiger charge is -2.30. The van der Waals surface area contributed by atoms with Crippen molar-refractivity contribution in [1.82, 2.24) is 0 Å². The maximum Gasteiger partial charge on any atom is 0.349 e. The molecular formula is C31H46O7. The third kappa shape index (κ3) is 9.12. The van der Waals surface area contributed by atoms with Crippen LogP contribution >= 0.6 is 0 Å². The third-order valence-corrected chi connectivity index (χ3v) is 5.75. The Kier molecular flexibility index (Phi) is 10.9. The Hall–Kier alpha value is -2.93. The molecule has 2 aromatic rings. The summed E-state index contributed by atoms with van der Waals surface area (Å²) in [6.07, 6.45) is 0. The van der Waals surface area contributed by atoms with Crippen molar-refractivity contribution in [3.63, 3.8) is 0 Å². The molecule has 0 saturated heterocycles. The quantitative estimate of drug-likeness (QED) is 0.160. The van der Waals surface area contributed by atoms with Gasteiger partial charge < -0.3 is 28.4 Å². The van der Waals surface area contributed by atoms with Crippen LogP contribution in [0.25, 0.3) is 0 Å². The summed E-state index contributed by atoms with van der Waals surface area (Å²) in [6, 6.07) is 11.2. The Morgan fingerprint density at radius 3 is 1.66 bits per heavy atom. The van der Waals surface area contributed by atoms with E-state index in [0.29, 0.717) is 37.9 Å². The van der Waals surface area contributed by atoms with Gasteiger partial charge in [0.1, 0.15) is 36.2 Å². The highest BCUT2D eigenvalue weighted by Crippen LogP contribution is 2.42. The summed E-state index contributed by atoms with van der Waals surface area (Å²) in [5, 5.41) is 0. The standard InChI is InChI=1S/C31H46O7/c1-11-33-21-37-27-25(29(3,4)5)19-24(20-26(27)30(6,7)8)36-18-17-35-22-13-15-23(16-14-22)38-31(9,10)28(32)34-12-2/h13-16,19-20H,11-12,17-18,21H2,1-10H3. The van der Waals surface area contributed by atoms with Crippen LogP contribution in [-0.2, 0) is 25.1 Å². The maximum atomic E-state index is 12.1. The zero-order chi connectivity index (χ0) is 28.6. The molecule has 7 nitrogen and oxygen atoms in total. The minimum Gasteiger partial charge on any atom is -0.490 e. The van der Waals surface area contributed by atoms with Crippen LogP contribution in [-0.4, -0.2) is 44.8 Å². The fraction of sp³-hybridized carbons (Fsp3) is 0.581. The number of ether oxygens (including phenoxy) is 6. The molecule has 0 saturated carbocycles. The van der Waals surface area contributed by atoms with Gasteiger partial charge in [-0.05, 0) is 74.9 Å². The summed E-state index contributed by atoms with van der Waals surface area (Å²) in [5.74, 6) is 2.46. The van der Waals surface area contributed by atoms with Gasteiger partial charge in [-0.3, -0.25) is 0 Å². The van der Waals surface area contributed by atoms with E-state index in [9.17, 15) is 4.79 Å². The van der Waals surface area contributed by atoms with Gasteiger partial charge in [-0.25, -0.2) is 4.79 Å². The van der Waals surface area contributed by atoms with E-state index in [1.54, 1.807) is 45.0 Å². The number of hydrogen-bond donors (Lipinski definition) is 0. The number of carbonyl (C=O) groups excluding carboxylic acids is 1. The lowest BCUT2D eigenvalue weighted by molar-refractivity contribution is -0.158. The molecule has 7 heteroatoms. The third-order valence-electron chi connectivity index (χ3n) is 5.75. The molecule has 0 heterocycles. The minimum absolute atomic E-state index is 0.150. The van der Waals surface area contributed by atoms with Gasteiger partial charge in [0, 0.05) is 17.7 Å². The Morgan fingerprint density at radius 2 is 1.18 bits per heavy atom. The summed E-state index contributed by atoms with van der Waals surface area (Å²) in [7, 11) is 0. The molecule has 212 valence electrons. The molecule has 0 amide bonds. The molecular weight excluding hydrogens is 484 g/mol. The van der Waals surface area contributed by atoms with Gasteiger partial charge in [0.25, 0.3) is 0 Å². The predicted molar refractivity (Wildman–Crippen MR) is 150 cm³/mol. The summed E-state index contributed by atoms with van der Waals surface area (Å²) in [6.45, 7) is 21.9. The first-order valence-corrected chi connectivity index (χ1v) is 13.3. The van der Waals surface area contributed by atoms with E-state index in [-0.39, 0.29) is 17.6 Å². The van der Waals surface area contributed by atoms with E-state index in [1.165, 1.54) is 0 Å². The first-order valence-electron chi connectivity index (χ1n) is 13.3. The van der Waals surface area contributed by atoms with Gasteiger partial charge in [0.15, 0.2) is 12.4 Å². The molecule has 0 aliphatic rings. The fourth-order valence-corrected chi connectivity index (χ4v) is 3.70. The highest BCUT2D eigenvalue weighted by atomic mass is 16.7. The lowest BCUT2D eigenvalue weighted by Crippen LogP contribution is -2.39. The summed E-state index contributed by atoms with van der Waals surface area (Å²) in [5.41, 5.74) is 0.767. The van der Waals surface area contributed by atoms with Gasteiger partial charge in [0.05, 0.1) is 6.61 Å². The van der Waals surface area contributed by atoms with Crippen LogP contribution in [0.4, 0.5) is 0 Å². The minimum atomic E-state index is -1.08. The molecule has 0 bridgehead atoms. The molecule has 2 aromatic carbocycles. The second-order valence-corrected chi connectivity index (χ2v) is 11.6. The summed E-state index contributed by atoms with van der Waals surface area (Å²) >= 11 is 0. The second-order valence-electron chi connectivity index (χ2n) is 11.6. The second kappa shape index (κ2) is 13.2. The van der Waals surface area contributed by atoms with Crippen LogP contribution in [0.2, 0.25) is 0 Å². The lowest BCUT2D eigenvalue weighted by atomic mass is 9.79. The van der Waals surface area contributed by atoms with Crippen molar-refractivity contribution < 1.29 is 33.2 Å². The van der Waals surface area contributed by atoms with E-state index >= 15 is 0 Å². The van der Waals surface area contributed by atoms with E-state index in [1.807, 2.05) is 19.1 Å². The first-order chi connectivity index (χ1) is 17.7. The molecule has 0 unspecified atom stereocenters. The summed E-state index contributed by atoms with van der Waals surface area (Å²) in [4.78, 5) is 12.1. The van der Waals surface area contributed by atoms with E-state index < -0.39 is 11.6 Å². The zero-order valence-electron chi connectivity index (χ0n) is 24.9. The topological polar surface area (TPSA) is 72.5 Å². The first kappa shape index (κ1) is 31.3. The van der Waals surface area contributed by atoms with Crippen LogP contribution in [0, 0.1) is 0 Å². The number of benzene rings is 2. The van der Waals surface area contributed by atoms with Crippen LogP contribution < -0.4 is 18.9 Å². The molecule has 0 spiro atoms. The maximum absolute atomic E-state index is 12.1. The highest BCUT2D eigenvalue weighted by molar-refractivity contribution is 5.79. The molecule has 0 aliphatic heterocycles. The zero-order valence-corrected chi connectivity index (χ0v) is 24.9. The van der Waals surface area contributed by atoms with Gasteiger partial charge in [-0.15, -0.1) is 0 Å². The van der Waals surface area contributed by atoms with Gasteiger partial charge >= 0.3 is 5.97 Å². The largest absolute Gasteiger partial charge is 0.490 e. The van der Waals surface area contributed by atoms with Crippen molar-refractivity contribution in [2.75, 3.05) is 33.2 Å². The smallest absolute Gasteiger partial charge is 0.349 e. The molecule has 0 radical (unpaired) electrons. The fourth-order valence-electron chi connectivity index (χ4n) is 3.70. The number of esters is 1. The van der Waals surface area contributed by atoms with Crippen LogP contribution in [0.3, 0.4) is 0 Å². The van der Waals surface area contributed by atoms with Crippen molar-refractivity contribution in [2.45, 2.75) is 85.7 Å². The average Bonchev–Trinajstić information content (AvgIpc) is 2.82. The van der Waals surface area contributed by atoms with Crippen molar-refractivity contribution >= 4 is 5.97 Å². The van der Waals surface area contributed by atoms with Crippen LogP contribution in [0.5, 0.6) is 23.0 Å². The molecule has 0 aromatic heterocycles. The normalized spacial score (nSPS) is 12.2. The molecule has 38 heavy (non-hydrogen) atoms. The van der Waals surface area contributed by atoms with Gasteiger partial charge in [-0.1, -0.05) is 41.5 Å². The molecule has 2 rings (SSSR count). The van der Waals surface area contributed by atoms with Crippen LogP contribution in [0.15, 0.2) is 36.4 Å². The monoisotopic (exact) mass is 530 g/mol. The Morgan fingerprint density at radius 1 is 0.684 bits per heavy atom. The SMILES string of the molecule is CCOCOc1c(C(C)(C)C)cc(OCCOc2ccc(OC(C)(C)C(=O)OCC)cc2)cc1C(C)(C)C. The number of hydrogen-bond acceptors (Lipinski definition) is 7. The Bertz CT molecular complexity index is 993. The number of rotatable bonds is 13. The van der Waals surface area contributed by atoms with Gasteiger partial charge in [0.2, 0.25) is 0 Å². The van der Waals surface area contributed by atoms with E-state index in [0.717, 1.165) is 22.6 Å². The molecule has 0 aliphatic carbocycles. The van der Waals surface area contributed by atoms with E-state index in [2.05, 4.69) is 41.5 Å².